The largest absolute Gasteiger partial charge is 0.362 e. The molecule has 34 heavy (non-hydrogen) atoms. The quantitative estimate of drug-likeness (QED) is 0.409. The van der Waals surface area contributed by atoms with E-state index in [9.17, 15) is 4.79 Å². The van der Waals surface area contributed by atoms with E-state index in [-0.39, 0.29) is 11.6 Å². The summed E-state index contributed by atoms with van der Waals surface area (Å²) in [6.07, 6.45) is 5.53. The van der Waals surface area contributed by atoms with Gasteiger partial charge < -0.3 is 5.32 Å². The molecule has 0 saturated carbocycles. The average Bonchev–Trinajstić information content (AvgIpc) is 3.27. The molecule has 1 atom stereocenters. The lowest BCUT2D eigenvalue weighted by molar-refractivity contribution is 0.768. The summed E-state index contributed by atoms with van der Waals surface area (Å²) in [5.74, 6) is 1.46. The van der Waals surface area contributed by atoms with Gasteiger partial charge in [-0.3, -0.25) is 14.0 Å². The van der Waals surface area contributed by atoms with Crippen LogP contribution in [-0.2, 0) is 7.05 Å². The Balaban J connectivity index is 1.75. The smallest absolute Gasteiger partial charge is 0.263 e. The molecule has 0 fully saturated rings. The zero-order valence-corrected chi connectivity index (χ0v) is 19.6. The maximum Gasteiger partial charge on any atom is 0.263 e. The van der Waals surface area contributed by atoms with Crippen molar-refractivity contribution in [3.05, 3.63) is 101 Å². The second-order valence-corrected chi connectivity index (χ2v) is 8.53. The van der Waals surface area contributed by atoms with Crippen molar-refractivity contribution in [1.82, 2.24) is 24.3 Å². The Morgan fingerprint density at radius 1 is 1.00 bits per heavy atom. The van der Waals surface area contributed by atoms with Crippen molar-refractivity contribution in [2.45, 2.75) is 26.8 Å². The fourth-order valence-corrected chi connectivity index (χ4v) is 4.30. The SMILES string of the molecule is Cc1ncc(C)c(NC(C)c2cc3cccc(-c4cnn(C)c4)c3c(=O)n2-c2ccccc2)n1. The predicted molar refractivity (Wildman–Crippen MR) is 135 cm³/mol. The van der Waals surface area contributed by atoms with E-state index >= 15 is 0 Å². The van der Waals surface area contributed by atoms with Gasteiger partial charge in [-0.1, -0.05) is 36.4 Å². The minimum atomic E-state index is -0.188. The van der Waals surface area contributed by atoms with Crippen molar-refractivity contribution < 1.29 is 0 Å². The topological polar surface area (TPSA) is 77.6 Å². The molecule has 0 saturated heterocycles. The molecule has 170 valence electrons. The number of aryl methyl sites for hydroxylation is 3. The number of hydrogen-bond acceptors (Lipinski definition) is 5. The minimum Gasteiger partial charge on any atom is -0.362 e. The van der Waals surface area contributed by atoms with Crippen LogP contribution in [-0.4, -0.2) is 24.3 Å². The molecule has 0 aliphatic heterocycles. The number of pyridine rings is 1. The van der Waals surface area contributed by atoms with Crippen LogP contribution in [0.25, 0.3) is 27.6 Å². The molecular formula is C27H26N6O. The van der Waals surface area contributed by atoms with Crippen molar-refractivity contribution in [1.29, 1.82) is 0 Å². The molecule has 0 aliphatic carbocycles. The lowest BCUT2D eigenvalue weighted by Gasteiger charge is -2.22. The summed E-state index contributed by atoms with van der Waals surface area (Å²) in [5.41, 5.74) is 4.33. The fourth-order valence-electron chi connectivity index (χ4n) is 4.30. The van der Waals surface area contributed by atoms with Crippen LogP contribution >= 0.6 is 0 Å². The Kier molecular flexibility index (Phi) is 5.45. The number of fused-ring (bicyclic) bond motifs is 1. The van der Waals surface area contributed by atoms with Gasteiger partial charge in [-0.25, -0.2) is 9.97 Å². The summed E-state index contributed by atoms with van der Waals surface area (Å²) in [6.45, 7) is 5.88. The van der Waals surface area contributed by atoms with Gasteiger partial charge >= 0.3 is 0 Å². The van der Waals surface area contributed by atoms with Gasteiger partial charge in [-0.15, -0.1) is 0 Å². The molecule has 7 heteroatoms. The van der Waals surface area contributed by atoms with E-state index in [1.165, 1.54) is 0 Å². The van der Waals surface area contributed by atoms with Crippen LogP contribution in [0.4, 0.5) is 5.82 Å². The van der Waals surface area contributed by atoms with Crippen LogP contribution in [0.15, 0.2) is 78.0 Å². The molecule has 0 spiro atoms. The second-order valence-electron chi connectivity index (χ2n) is 8.53. The Morgan fingerprint density at radius 2 is 1.79 bits per heavy atom. The first kappa shape index (κ1) is 21.6. The number of hydrogen-bond donors (Lipinski definition) is 1. The third-order valence-electron chi connectivity index (χ3n) is 5.99. The summed E-state index contributed by atoms with van der Waals surface area (Å²) in [6, 6.07) is 17.6. The van der Waals surface area contributed by atoms with Crippen LogP contribution in [0.2, 0.25) is 0 Å². The Morgan fingerprint density at radius 3 is 2.53 bits per heavy atom. The number of aromatic nitrogens is 5. The zero-order valence-electron chi connectivity index (χ0n) is 19.6. The van der Waals surface area contributed by atoms with E-state index in [1.807, 2.05) is 88.7 Å². The van der Waals surface area contributed by atoms with Gasteiger partial charge in [0.2, 0.25) is 0 Å². The highest BCUT2D eigenvalue weighted by Crippen LogP contribution is 2.30. The third-order valence-corrected chi connectivity index (χ3v) is 5.99. The highest BCUT2D eigenvalue weighted by Gasteiger charge is 2.20. The summed E-state index contributed by atoms with van der Waals surface area (Å²) in [5, 5.41) is 9.36. The first-order chi connectivity index (χ1) is 16.4. The molecule has 1 unspecified atom stereocenters. The Bertz CT molecular complexity index is 1550. The minimum absolute atomic E-state index is 0.0672. The van der Waals surface area contributed by atoms with E-state index in [4.69, 9.17) is 0 Å². The van der Waals surface area contributed by atoms with Crippen molar-refractivity contribution in [2.24, 2.45) is 7.05 Å². The van der Waals surface area contributed by atoms with E-state index in [1.54, 1.807) is 15.4 Å². The Labute approximate surface area is 197 Å². The first-order valence-corrected chi connectivity index (χ1v) is 11.2. The molecule has 3 heterocycles. The maximum atomic E-state index is 14.1. The predicted octanol–water partition coefficient (Wildman–Crippen LogP) is 4.97. The number of nitrogens with one attached hydrogen (secondary N) is 1. The average molecular weight is 451 g/mol. The molecule has 2 aromatic carbocycles. The van der Waals surface area contributed by atoms with Crippen molar-refractivity contribution >= 4 is 16.6 Å². The van der Waals surface area contributed by atoms with Crippen LogP contribution in [0.5, 0.6) is 0 Å². The van der Waals surface area contributed by atoms with Gasteiger partial charge in [0.1, 0.15) is 11.6 Å². The monoisotopic (exact) mass is 450 g/mol. The molecule has 7 nitrogen and oxygen atoms in total. The lowest BCUT2D eigenvalue weighted by Crippen LogP contribution is -2.26. The summed E-state index contributed by atoms with van der Waals surface area (Å²) in [7, 11) is 1.87. The molecule has 3 aromatic heterocycles. The van der Waals surface area contributed by atoms with Crippen molar-refractivity contribution in [3.63, 3.8) is 0 Å². The van der Waals surface area contributed by atoms with Gasteiger partial charge in [0.25, 0.3) is 5.56 Å². The number of anilines is 1. The van der Waals surface area contributed by atoms with Crippen LogP contribution in [0, 0.1) is 13.8 Å². The van der Waals surface area contributed by atoms with Gasteiger partial charge in [-0.2, -0.15) is 5.10 Å². The fraction of sp³-hybridized carbons (Fsp3) is 0.185. The second kappa shape index (κ2) is 8.59. The van der Waals surface area contributed by atoms with Gasteiger partial charge in [0.15, 0.2) is 0 Å². The number of nitrogens with zero attached hydrogens (tertiary/aromatic N) is 5. The van der Waals surface area contributed by atoms with Crippen LogP contribution < -0.4 is 10.9 Å². The van der Waals surface area contributed by atoms with Crippen molar-refractivity contribution in [2.75, 3.05) is 5.32 Å². The van der Waals surface area contributed by atoms with E-state index in [2.05, 4.69) is 26.4 Å². The van der Waals surface area contributed by atoms with E-state index in [0.717, 1.165) is 39.3 Å². The van der Waals surface area contributed by atoms with Crippen molar-refractivity contribution in [3.8, 4) is 16.8 Å². The zero-order chi connectivity index (χ0) is 23.8. The summed E-state index contributed by atoms with van der Waals surface area (Å²) >= 11 is 0. The molecule has 0 bridgehead atoms. The molecule has 0 amide bonds. The van der Waals surface area contributed by atoms with Gasteiger partial charge in [0, 0.05) is 41.9 Å². The number of rotatable bonds is 5. The Hall–Kier alpha value is -4.26. The first-order valence-electron chi connectivity index (χ1n) is 11.2. The third kappa shape index (κ3) is 3.85. The van der Waals surface area contributed by atoms with Crippen LogP contribution in [0.1, 0.15) is 30.0 Å². The summed E-state index contributed by atoms with van der Waals surface area (Å²) in [4.78, 5) is 22.9. The van der Waals surface area contributed by atoms with Crippen LogP contribution in [0.3, 0.4) is 0 Å². The van der Waals surface area contributed by atoms with E-state index in [0.29, 0.717) is 11.2 Å². The number of benzene rings is 2. The normalized spacial score (nSPS) is 12.1. The van der Waals surface area contributed by atoms with Gasteiger partial charge in [-0.05, 0) is 49.9 Å². The van der Waals surface area contributed by atoms with E-state index < -0.39 is 0 Å². The molecule has 0 aliphatic rings. The molecule has 5 aromatic rings. The standard InChI is InChI=1S/C27H26N6O/c1-17-14-28-19(3)31-26(17)30-18(2)24-13-20-9-8-12-23(21-15-29-32(4)16-21)25(20)27(34)33(24)22-10-6-5-7-11-22/h5-16,18H,1-4H3,(H,28,30,31). The highest BCUT2D eigenvalue weighted by atomic mass is 16.1. The maximum absolute atomic E-state index is 14.1. The molecule has 1 N–H and O–H groups in total. The summed E-state index contributed by atoms with van der Waals surface area (Å²) < 4.78 is 3.54. The van der Waals surface area contributed by atoms with Gasteiger partial charge in [0.05, 0.1) is 17.6 Å². The lowest BCUT2D eigenvalue weighted by atomic mass is 9.99. The number of para-hydroxylation sites is 1. The molecule has 0 radical (unpaired) electrons. The molecular weight excluding hydrogens is 424 g/mol. The molecule has 5 rings (SSSR count). The highest BCUT2D eigenvalue weighted by molar-refractivity contribution is 5.96.